The van der Waals surface area contributed by atoms with E-state index in [-0.39, 0.29) is 12.3 Å². The molecule has 0 aliphatic carbocycles. The zero-order valence-corrected chi connectivity index (χ0v) is 14.9. The summed E-state index contributed by atoms with van der Waals surface area (Å²) in [5.74, 6) is 1.68. The van der Waals surface area contributed by atoms with Crippen LogP contribution < -0.4 is 19.6 Å². The van der Waals surface area contributed by atoms with Crippen LogP contribution in [0.25, 0.3) is 0 Å². The maximum atomic E-state index is 12.0. The highest BCUT2D eigenvalue weighted by atomic mass is 16.5. The van der Waals surface area contributed by atoms with Crippen LogP contribution in [0.5, 0.6) is 17.2 Å². The molecule has 0 atom stereocenters. The summed E-state index contributed by atoms with van der Waals surface area (Å²) in [6.07, 6.45) is 3.42. The van der Waals surface area contributed by atoms with Crippen molar-refractivity contribution in [1.82, 2.24) is 5.43 Å². The van der Waals surface area contributed by atoms with Gasteiger partial charge in [0.1, 0.15) is 12.4 Å². The van der Waals surface area contributed by atoms with Gasteiger partial charge in [0, 0.05) is 0 Å². The number of amides is 1. The average molecular weight is 354 g/mol. The Morgan fingerprint density at radius 2 is 1.96 bits per heavy atom. The van der Waals surface area contributed by atoms with Crippen LogP contribution in [-0.4, -0.2) is 32.9 Å². The molecule has 0 heterocycles. The fraction of sp³-hybridized carbons (Fsp3) is 0.200. The number of hydrogen-bond acceptors (Lipinski definition) is 5. The summed E-state index contributed by atoms with van der Waals surface area (Å²) in [5, 5.41) is 3.98. The van der Waals surface area contributed by atoms with Gasteiger partial charge in [0.2, 0.25) is 5.91 Å². The first-order valence-corrected chi connectivity index (χ1v) is 8.03. The van der Waals surface area contributed by atoms with Crippen molar-refractivity contribution in [2.75, 3.05) is 20.8 Å². The lowest BCUT2D eigenvalue weighted by Crippen LogP contribution is -2.19. The Morgan fingerprint density at radius 3 is 2.69 bits per heavy atom. The third kappa shape index (κ3) is 5.66. The maximum Gasteiger partial charge on any atom is 0.244 e. The molecule has 0 saturated carbocycles. The Morgan fingerprint density at radius 1 is 1.15 bits per heavy atom. The predicted molar refractivity (Wildman–Crippen MR) is 101 cm³/mol. The molecule has 2 aromatic carbocycles. The molecule has 0 aliphatic heterocycles. The Balaban J connectivity index is 1.92. The number of carbonyl (C=O) groups is 1. The van der Waals surface area contributed by atoms with Gasteiger partial charge in [0.25, 0.3) is 0 Å². The van der Waals surface area contributed by atoms with E-state index in [1.54, 1.807) is 38.6 Å². The van der Waals surface area contributed by atoms with Crippen molar-refractivity contribution in [3.05, 3.63) is 66.2 Å². The van der Waals surface area contributed by atoms with Crippen LogP contribution in [0.3, 0.4) is 0 Å². The number of rotatable bonds is 9. The first-order chi connectivity index (χ1) is 12.7. The fourth-order valence-electron chi connectivity index (χ4n) is 2.23. The lowest BCUT2D eigenvalue weighted by molar-refractivity contribution is -0.120. The standard InChI is InChI=1S/C20H22N2O4/c1-4-10-26-17-7-5-6-16(11-17)14-21-22-20(23)13-15-8-9-18(24-2)19(12-15)25-3/h4-9,11-12,14H,1,10,13H2,2-3H3,(H,22,23)/b21-14+. The second-order valence-corrected chi connectivity index (χ2v) is 5.33. The van der Waals surface area contributed by atoms with E-state index in [2.05, 4.69) is 17.1 Å². The zero-order chi connectivity index (χ0) is 18.8. The van der Waals surface area contributed by atoms with E-state index in [4.69, 9.17) is 14.2 Å². The van der Waals surface area contributed by atoms with E-state index < -0.39 is 0 Å². The lowest BCUT2D eigenvalue weighted by atomic mass is 10.1. The summed E-state index contributed by atoms with van der Waals surface area (Å²) >= 11 is 0. The van der Waals surface area contributed by atoms with Gasteiger partial charge in [-0.3, -0.25) is 4.79 Å². The normalized spacial score (nSPS) is 10.4. The molecule has 2 aromatic rings. The van der Waals surface area contributed by atoms with Crippen LogP contribution >= 0.6 is 0 Å². The molecular weight excluding hydrogens is 332 g/mol. The van der Waals surface area contributed by atoms with Crippen molar-refractivity contribution in [3.63, 3.8) is 0 Å². The topological polar surface area (TPSA) is 69.2 Å². The van der Waals surface area contributed by atoms with Crippen LogP contribution in [0, 0.1) is 0 Å². The van der Waals surface area contributed by atoms with E-state index in [0.717, 1.165) is 11.1 Å². The van der Waals surface area contributed by atoms with Crippen molar-refractivity contribution in [1.29, 1.82) is 0 Å². The number of benzene rings is 2. The molecule has 0 unspecified atom stereocenters. The van der Waals surface area contributed by atoms with E-state index in [1.165, 1.54) is 0 Å². The maximum absolute atomic E-state index is 12.0. The molecule has 0 fully saturated rings. The molecule has 0 radical (unpaired) electrons. The molecule has 0 saturated heterocycles. The van der Waals surface area contributed by atoms with Crippen LogP contribution in [0.2, 0.25) is 0 Å². The molecule has 136 valence electrons. The van der Waals surface area contributed by atoms with Gasteiger partial charge in [-0.2, -0.15) is 5.10 Å². The highest BCUT2D eigenvalue weighted by Gasteiger charge is 2.07. The second kappa shape index (κ2) is 9.88. The van der Waals surface area contributed by atoms with Gasteiger partial charge in [0.05, 0.1) is 26.9 Å². The zero-order valence-electron chi connectivity index (χ0n) is 14.9. The molecule has 0 spiro atoms. The van der Waals surface area contributed by atoms with Crippen molar-refractivity contribution >= 4 is 12.1 Å². The minimum Gasteiger partial charge on any atom is -0.493 e. The highest BCUT2D eigenvalue weighted by Crippen LogP contribution is 2.27. The Bertz CT molecular complexity index is 787. The molecule has 1 amide bonds. The van der Waals surface area contributed by atoms with Gasteiger partial charge < -0.3 is 14.2 Å². The first kappa shape index (κ1) is 19.1. The molecule has 0 aromatic heterocycles. The Hall–Kier alpha value is -3.28. The second-order valence-electron chi connectivity index (χ2n) is 5.33. The summed E-state index contributed by atoms with van der Waals surface area (Å²) in [6, 6.07) is 12.7. The van der Waals surface area contributed by atoms with E-state index in [9.17, 15) is 4.79 Å². The summed E-state index contributed by atoms with van der Waals surface area (Å²) in [5.41, 5.74) is 4.13. The van der Waals surface area contributed by atoms with Crippen molar-refractivity contribution < 1.29 is 19.0 Å². The number of hydrazone groups is 1. The number of methoxy groups -OCH3 is 2. The summed E-state index contributed by atoms with van der Waals surface area (Å²) < 4.78 is 15.9. The summed E-state index contributed by atoms with van der Waals surface area (Å²) in [7, 11) is 3.12. The third-order valence-corrected chi connectivity index (χ3v) is 3.44. The van der Waals surface area contributed by atoms with Crippen LogP contribution in [0.4, 0.5) is 0 Å². The Kier molecular flexibility index (Phi) is 7.24. The van der Waals surface area contributed by atoms with Gasteiger partial charge in [-0.05, 0) is 35.4 Å². The van der Waals surface area contributed by atoms with Gasteiger partial charge in [-0.25, -0.2) is 5.43 Å². The van der Waals surface area contributed by atoms with Gasteiger partial charge >= 0.3 is 0 Å². The number of nitrogens with zero attached hydrogens (tertiary/aromatic N) is 1. The van der Waals surface area contributed by atoms with Gasteiger partial charge in [-0.1, -0.05) is 30.9 Å². The first-order valence-electron chi connectivity index (χ1n) is 8.03. The molecule has 1 N–H and O–H groups in total. The minimum atomic E-state index is -0.229. The number of carbonyl (C=O) groups excluding carboxylic acids is 1. The summed E-state index contributed by atoms with van der Waals surface area (Å²) in [4.78, 5) is 12.0. The lowest BCUT2D eigenvalue weighted by Gasteiger charge is -2.09. The largest absolute Gasteiger partial charge is 0.493 e. The highest BCUT2D eigenvalue weighted by molar-refractivity contribution is 5.83. The molecule has 6 heteroatoms. The number of hydrogen-bond donors (Lipinski definition) is 1. The number of nitrogens with one attached hydrogen (secondary N) is 1. The molecule has 6 nitrogen and oxygen atoms in total. The Labute approximate surface area is 153 Å². The van der Waals surface area contributed by atoms with Crippen molar-refractivity contribution in [2.24, 2.45) is 5.10 Å². The molecule has 0 aliphatic rings. The molecule has 26 heavy (non-hydrogen) atoms. The molecule has 0 bridgehead atoms. The monoisotopic (exact) mass is 354 g/mol. The van der Waals surface area contributed by atoms with Gasteiger partial charge in [0.15, 0.2) is 11.5 Å². The van der Waals surface area contributed by atoms with Crippen LogP contribution in [-0.2, 0) is 11.2 Å². The van der Waals surface area contributed by atoms with Gasteiger partial charge in [-0.15, -0.1) is 0 Å². The van der Waals surface area contributed by atoms with Crippen LogP contribution in [0.15, 0.2) is 60.2 Å². The SMILES string of the molecule is C=CCOc1cccc(/C=N/NC(=O)Cc2ccc(OC)c(OC)c2)c1. The minimum absolute atomic E-state index is 0.181. The summed E-state index contributed by atoms with van der Waals surface area (Å²) in [6.45, 7) is 4.04. The third-order valence-electron chi connectivity index (χ3n) is 3.44. The quantitative estimate of drug-likeness (QED) is 0.427. The van der Waals surface area contributed by atoms with E-state index >= 15 is 0 Å². The van der Waals surface area contributed by atoms with Crippen LogP contribution in [0.1, 0.15) is 11.1 Å². The molecule has 2 rings (SSSR count). The predicted octanol–water partition coefficient (Wildman–Crippen LogP) is 2.96. The fourth-order valence-corrected chi connectivity index (χ4v) is 2.23. The van der Waals surface area contributed by atoms with Crippen molar-refractivity contribution in [2.45, 2.75) is 6.42 Å². The molecular formula is C20H22N2O4. The number of ether oxygens (including phenoxy) is 3. The van der Waals surface area contributed by atoms with E-state index in [0.29, 0.717) is 23.9 Å². The average Bonchev–Trinajstić information content (AvgIpc) is 2.66. The van der Waals surface area contributed by atoms with Crippen molar-refractivity contribution in [3.8, 4) is 17.2 Å². The smallest absolute Gasteiger partial charge is 0.244 e. The van der Waals surface area contributed by atoms with E-state index in [1.807, 2.05) is 30.3 Å².